The van der Waals surface area contributed by atoms with E-state index in [0.29, 0.717) is 11.5 Å². The average Bonchev–Trinajstić information content (AvgIpc) is 3.05. The molecule has 3 rings (SSSR count). The second-order valence-electron chi connectivity index (χ2n) is 6.37. The van der Waals surface area contributed by atoms with Gasteiger partial charge in [0.05, 0.1) is 10.7 Å². The van der Waals surface area contributed by atoms with Crippen molar-refractivity contribution in [3.8, 4) is 0 Å². The summed E-state index contributed by atoms with van der Waals surface area (Å²) in [6, 6.07) is 7.87. The van der Waals surface area contributed by atoms with Crippen molar-refractivity contribution in [2.75, 3.05) is 0 Å². The van der Waals surface area contributed by atoms with Crippen molar-refractivity contribution in [1.82, 2.24) is 4.98 Å². The Balaban J connectivity index is 1.98. The minimum Gasteiger partial charge on any atom is -0.458 e. The van der Waals surface area contributed by atoms with Crippen LogP contribution >= 0.6 is 11.3 Å². The summed E-state index contributed by atoms with van der Waals surface area (Å²) in [6.07, 6.45) is -0.816. The second-order valence-corrected chi connectivity index (χ2v) is 7.23. The summed E-state index contributed by atoms with van der Waals surface area (Å²) < 4.78 is 5.82. The molecule has 3 nitrogen and oxygen atoms in total. The van der Waals surface area contributed by atoms with Gasteiger partial charge in [-0.2, -0.15) is 0 Å². The summed E-state index contributed by atoms with van der Waals surface area (Å²) in [5.41, 5.74) is 2.55. The molecule has 0 saturated carbocycles. The smallest absolute Gasteiger partial charge is 0.154 e. The molecule has 0 aliphatic rings. The molecule has 0 radical (unpaired) electrons. The molecule has 1 N–H and O–H groups in total. The van der Waals surface area contributed by atoms with Gasteiger partial charge in [-0.3, -0.25) is 0 Å². The number of aromatic nitrogens is 1. The van der Waals surface area contributed by atoms with Crippen molar-refractivity contribution in [3.05, 3.63) is 51.7 Å². The SMILES string of the molecule is Cc1cccc2cc(C(O)c3csc(C(C)(C)C)n3)oc12. The van der Waals surface area contributed by atoms with Crippen LogP contribution in [-0.2, 0) is 5.41 Å². The first kappa shape index (κ1) is 14.3. The zero-order valence-corrected chi connectivity index (χ0v) is 13.5. The van der Waals surface area contributed by atoms with E-state index < -0.39 is 6.10 Å². The van der Waals surface area contributed by atoms with E-state index >= 15 is 0 Å². The van der Waals surface area contributed by atoms with Gasteiger partial charge in [0, 0.05) is 16.2 Å². The normalized spacial score (nSPS) is 13.8. The average molecular weight is 301 g/mol. The zero-order chi connectivity index (χ0) is 15.2. The lowest BCUT2D eigenvalue weighted by atomic mass is 9.98. The molecule has 2 aromatic heterocycles. The Morgan fingerprint density at radius 1 is 1.29 bits per heavy atom. The van der Waals surface area contributed by atoms with Gasteiger partial charge >= 0.3 is 0 Å². The molecule has 0 spiro atoms. The first-order valence-electron chi connectivity index (χ1n) is 6.99. The van der Waals surface area contributed by atoms with Gasteiger partial charge in [-0.1, -0.05) is 39.0 Å². The predicted octanol–water partition coefficient (Wildman–Crippen LogP) is 4.58. The minimum absolute atomic E-state index is 0.00684. The van der Waals surface area contributed by atoms with Crippen LogP contribution < -0.4 is 0 Å². The number of aliphatic hydroxyl groups excluding tert-OH is 1. The third kappa shape index (κ3) is 2.61. The maximum Gasteiger partial charge on any atom is 0.154 e. The molecular formula is C17H19NO2S. The third-order valence-electron chi connectivity index (χ3n) is 3.47. The van der Waals surface area contributed by atoms with Gasteiger partial charge in [-0.25, -0.2) is 4.98 Å². The van der Waals surface area contributed by atoms with Gasteiger partial charge in [0.15, 0.2) is 6.10 Å². The van der Waals surface area contributed by atoms with Crippen molar-refractivity contribution >= 4 is 22.3 Å². The van der Waals surface area contributed by atoms with Crippen LogP contribution in [0.1, 0.15) is 48.9 Å². The lowest BCUT2D eigenvalue weighted by molar-refractivity contribution is 0.188. The number of para-hydroxylation sites is 1. The van der Waals surface area contributed by atoms with Crippen molar-refractivity contribution < 1.29 is 9.52 Å². The van der Waals surface area contributed by atoms with Crippen molar-refractivity contribution in [2.45, 2.75) is 39.2 Å². The largest absolute Gasteiger partial charge is 0.458 e. The van der Waals surface area contributed by atoms with E-state index in [9.17, 15) is 5.11 Å². The molecule has 4 heteroatoms. The molecule has 0 saturated heterocycles. The van der Waals surface area contributed by atoms with Crippen LogP contribution in [0.3, 0.4) is 0 Å². The lowest BCUT2D eigenvalue weighted by Gasteiger charge is -2.13. The number of hydrogen-bond acceptors (Lipinski definition) is 4. The number of rotatable bonds is 2. The van der Waals surface area contributed by atoms with E-state index in [0.717, 1.165) is 21.5 Å². The lowest BCUT2D eigenvalue weighted by Crippen LogP contribution is -2.11. The fourth-order valence-corrected chi connectivity index (χ4v) is 3.19. The Morgan fingerprint density at radius 2 is 2.05 bits per heavy atom. The Morgan fingerprint density at radius 3 is 2.67 bits per heavy atom. The van der Waals surface area contributed by atoms with Crippen LogP contribution in [0.5, 0.6) is 0 Å². The van der Waals surface area contributed by atoms with Crippen LogP contribution in [0.25, 0.3) is 11.0 Å². The molecule has 0 amide bonds. The van der Waals surface area contributed by atoms with Gasteiger partial charge in [0.25, 0.3) is 0 Å². The number of aryl methyl sites for hydroxylation is 1. The highest BCUT2D eigenvalue weighted by Crippen LogP contribution is 2.32. The molecule has 110 valence electrons. The molecule has 0 aliphatic carbocycles. The molecule has 1 unspecified atom stereocenters. The van der Waals surface area contributed by atoms with Crippen molar-refractivity contribution in [1.29, 1.82) is 0 Å². The minimum atomic E-state index is -0.816. The number of benzene rings is 1. The Bertz CT molecular complexity index is 780. The van der Waals surface area contributed by atoms with Crippen molar-refractivity contribution in [3.63, 3.8) is 0 Å². The van der Waals surface area contributed by atoms with E-state index in [4.69, 9.17) is 4.42 Å². The fraction of sp³-hybridized carbons (Fsp3) is 0.353. The van der Waals surface area contributed by atoms with Crippen LogP contribution in [0, 0.1) is 6.92 Å². The van der Waals surface area contributed by atoms with Gasteiger partial charge in [-0.05, 0) is 18.6 Å². The molecule has 0 fully saturated rings. The summed E-state index contributed by atoms with van der Waals surface area (Å²) in [6.45, 7) is 8.36. The summed E-state index contributed by atoms with van der Waals surface area (Å²) in [7, 11) is 0. The van der Waals surface area contributed by atoms with Crippen LogP contribution in [-0.4, -0.2) is 10.1 Å². The van der Waals surface area contributed by atoms with E-state index in [2.05, 4.69) is 25.8 Å². The number of hydrogen-bond donors (Lipinski definition) is 1. The Hall–Kier alpha value is -1.65. The third-order valence-corrected chi connectivity index (χ3v) is 4.76. The molecule has 21 heavy (non-hydrogen) atoms. The van der Waals surface area contributed by atoms with E-state index in [1.807, 2.05) is 36.6 Å². The maximum atomic E-state index is 10.5. The molecule has 3 aromatic rings. The first-order chi connectivity index (χ1) is 9.86. The Kier molecular flexibility index (Phi) is 3.38. The highest BCUT2D eigenvalue weighted by molar-refractivity contribution is 7.09. The summed E-state index contributed by atoms with van der Waals surface area (Å²) in [5.74, 6) is 0.546. The van der Waals surface area contributed by atoms with Gasteiger partial charge in [-0.15, -0.1) is 11.3 Å². The maximum absolute atomic E-state index is 10.5. The fourth-order valence-electron chi connectivity index (χ4n) is 2.27. The standard InChI is InChI=1S/C17H19NO2S/c1-10-6-5-7-11-8-13(20-15(10)11)14(19)12-9-21-16(18-12)17(2,3)4/h5-9,14,19H,1-4H3. The molecule has 1 aromatic carbocycles. The quantitative estimate of drug-likeness (QED) is 0.753. The summed E-state index contributed by atoms with van der Waals surface area (Å²) in [4.78, 5) is 4.56. The van der Waals surface area contributed by atoms with E-state index in [1.54, 1.807) is 11.3 Å². The van der Waals surface area contributed by atoms with Gasteiger partial charge in [0.1, 0.15) is 11.3 Å². The molecule has 1 atom stereocenters. The number of furan rings is 1. The van der Waals surface area contributed by atoms with E-state index in [-0.39, 0.29) is 5.41 Å². The van der Waals surface area contributed by atoms with Crippen LogP contribution in [0.4, 0.5) is 0 Å². The zero-order valence-electron chi connectivity index (χ0n) is 12.7. The van der Waals surface area contributed by atoms with Gasteiger partial charge in [0.2, 0.25) is 0 Å². The monoisotopic (exact) mass is 301 g/mol. The summed E-state index contributed by atoms with van der Waals surface area (Å²) >= 11 is 1.58. The summed E-state index contributed by atoms with van der Waals surface area (Å²) in [5, 5.41) is 14.4. The first-order valence-corrected chi connectivity index (χ1v) is 7.87. The topological polar surface area (TPSA) is 46.3 Å². The van der Waals surface area contributed by atoms with E-state index in [1.165, 1.54) is 0 Å². The highest BCUT2D eigenvalue weighted by atomic mass is 32.1. The predicted molar refractivity (Wildman–Crippen MR) is 85.8 cm³/mol. The molecule has 2 heterocycles. The second kappa shape index (κ2) is 4.97. The Labute approximate surface area is 128 Å². The van der Waals surface area contributed by atoms with Crippen molar-refractivity contribution in [2.24, 2.45) is 0 Å². The van der Waals surface area contributed by atoms with Crippen LogP contribution in [0.15, 0.2) is 34.1 Å². The number of aliphatic hydroxyl groups is 1. The number of nitrogens with zero attached hydrogens (tertiary/aromatic N) is 1. The highest BCUT2D eigenvalue weighted by Gasteiger charge is 2.23. The van der Waals surface area contributed by atoms with Gasteiger partial charge < -0.3 is 9.52 Å². The number of thiazole rings is 1. The molecule has 0 bridgehead atoms. The van der Waals surface area contributed by atoms with Crippen LogP contribution in [0.2, 0.25) is 0 Å². The molecular weight excluding hydrogens is 282 g/mol. The number of fused-ring (bicyclic) bond motifs is 1. The molecule has 0 aliphatic heterocycles.